The van der Waals surface area contributed by atoms with Gasteiger partial charge in [0.15, 0.2) is 0 Å². The first-order valence-corrected chi connectivity index (χ1v) is 8.50. The number of likely N-dealkylation sites (N-methyl/N-ethyl adjacent to an activating group) is 2. The van der Waals surface area contributed by atoms with E-state index in [2.05, 4.69) is 21.3 Å². The van der Waals surface area contributed by atoms with E-state index in [1.165, 1.54) is 9.80 Å². The van der Waals surface area contributed by atoms with Crippen LogP contribution in [-0.2, 0) is 0 Å². The van der Waals surface area contributed by atoms with E-state index >= 15 is 0 Å². The molecule has 24 heavy (non-hydrogen) atoms. The molecule has 0 aliphatic carbocycles. The second-order valence-electron chi connectivity index (χ2n) is 5.90. The van der Waals surface area contributed by atoms with Crippen LogP contribution in [0.5, 0.6) is 0 Å². The highest BCUT2D eigenvalue weighted by molar-refractivity contribution is 5.82. The van der Waals surface area contributed by atoms with Crippen molar-refractivity contribution < 1.29 is 14.4 Å². The predicted octanol–water partition coefficient (Wildman–Crippen LogP) is 0.834. The Balaban J connectivity index is 2.62. The highest BCUT2D eigenvalue weighted by Gasteiger charge is 2.43. The van der Waals surface area contributed by atoms with Gasteiger partial charge in [-0.05, 0) is 12.8 Å². The summed E-state index contributed by atoms with van der Waals surface area (Å²) >= 11 is 0. The first-order valence-electron chi connectivity index (χ1n) is 8.50. The number of urea groups is 3. The Kier molecular flexibility index (Phi) is 8.14. The second-order valence-corrected chi connectivity index (χ2v) is 5.90. The molecule has 0 aromatic carbocycles. The van der Waals surface area contributed by atoms with Crippen LogP contribution in [0.15, 0.2) is 0 Å². The van der Waals surface area contributed by atoms with Crippen LogP contribution in [0.1, 0.15) is 39.5 Å². The van der Waals surface area contributed by atoms with Gasteiger partial charge in [-0.3, -0.25) is 0 Å². The molecule has 9 nitrogen and oxygen atoms in total. The fraction of sp³-hybridized carbons (Fsp3) is 0.800. The lowest BCUT2D eigenvalue weighted by molar-refractivity contribution is 0.193. The van der Waals surface area contributed by atoms with Crippen LogP contribution in [0.3, 0.4) is 0 Å². The quantitative estimate of drug-likeness (QED) is 0.491. The first-order chi connectivity index (χ1) is 11.4. The molecule has 0 spiro atoms. The maximum atomic E-state index is 12.1. The molecular weight excluding hydrogens is 312 g/mol. The number of unbranched alkanes of at least 4 members (excludes halogenated alkanes) is 2. The number of nitrogens with zero attached hydrogens (tertiary/aromatic N) is 2. The standard InChI is InChI=1S/C15H30N6O3/c1-5-7-9-16-13(22)18-11-12(21(4)15(24)20(11)3)19-14(23)17-10-8-6-2/h11-12H,5-10H2,1-4H3,(H2,16,18,22)(H2,17,19,23)/t11-,12-/m0/s1. The molecule has 1 rings (SSSR count). The van der Waals surface area contributed by atoms with Gasteiger partial charge in [0.2, 0.25) is 0 Å². The van der Waals surface area contributed by atoms with Gasteiger partial charge in [-0.25, -0.2) is 14.4 Å². The van der Waals surface area contributed by atoms with Crippen molar-refractivity contribution in [3.8, 4) is 0 Å². The van der Waals surface area contributed by atoms with E-state index in [4.69, 9.17) is 0 Å². The van der Waals surface area contributed by atoms with Gasteiger partial charge in [-0.2, -0.15) is 0 Å². The molecular formula is C15H30N6O3. The molecule has 1 fully saturated rings. The van der Waals surface area contributed by atoms with Gasteiger partial charge in [0, 0.05) is 27.2 Å². The number of nitrogens with one attached hydrogen (secondary N) is 4. The Morgan fingerprint density at radius 2 is 1.25 bits per heavy atom. The number of hydrogen-bond donors (Lipinski definition) is 4. The molecule has 1 aliphatic rings. The number of amides is 6. The minimum Gasteiger partial charge on any atom is -0.338 e. The van der Waals surface area contributed by atoms with Gasteiger partial charge in [-0.15, -0.1) is 0 Å². The Bertz CT molecular complexity index is 407. The molecule has 0 bridgehead atoms. The Labute approximate surface area is 143 Å². The molecule has 9 heteroatoms. The predicted molar refractivity (Wildman–Crippen MR) is 91.4 cm³/mol. The average Bonchev–Trinajstić information content (AvgIpc) is 2.73. The van der Waals surface area contributed by atoms with Gasteiger partial charge in [0.1, 0.15) is 12.3 Å². The summed E-state index contributed by atoms with van der Waals surface area (Å²) in [4.78, 5) is 38.9. The van der Waals surface area contributed by atoms with Crippen molar-refractivity contribution in [2.24, 2.45) is 0 Å². The monoisotopic (exact) mass is 342 g/mol. The molecule has 4 N–H and O–H groups in total. The third-order valence-electron chi connectivity index (χ3n) is 3.93. The van der Waals surface area contributed by atoms with Crippen molar-refractivity contribution >= 4 is 18.1 Å². The number of carbonyl (C=O) groups is 3. The van der Waals surface area contributed by atoms with Crippen LogP contribution in [0.4, 0.5) is 14.4 Å². The zero-order valence-corrected chi connectivity index (χ0v) is 15.0. The molecule has 0 saturated carbocycles. The first kappa shape index (κ1) is 19.9. The lowest BCUT2D eigenvalue weighted by Gasteiger charge is -2.27. The minimum absolute atomic E-state index is 0.271. The molecule has 0 unspecified atom stereocenters. The summed E-state index contributed by atoms with van der Waals surface area (Å²) in [7, 11) is 3.18. The van der Waals surface area contributed by atoms with E-state index in [0.717, 1.165) is 25.7 Å². The Morgan fingerprint density at radius 3 is 1.58 bits per heavy atom. The van der Waals surface area contributed by atoms with Crippen LogP contribution in [0.2, 0.25) is 0 Å². The normalized spacial score (nSPS) is 20.1. The van der Waals surface area contributed by atoms with Crippen LogP contribution >= 0.6 is 0 Å². The molecule has 0 aromatic rings. The number of carbonyl (C=O) groups excluding carboxylic acids is 3. The summed E-state index contributed by atoms with van der Waals surface area (Å²) in [5.74, 6) is 0. The summed E-state index contributed by atoms with van der Waals surface area (Å²) in [5, 5.41) is 11.0. The zero-order valence-electron chi connectivity index (χ0n) is 15.0. The molecule has 0 aromatic heterocycles. The van der Waals surface area contributed by atoms with E-state index in [-0.39, 0.29) is 18.1 Å². The van der Waals surface area contributed by atoms with E-state index < -0.39 is 12.3 Å². The fourth-order valence-electron chi connectivity index (χ4n) is 2.39. The van der Waals surface area contributed by atoms with Gasteiger partial charge in [0.05, 0.1) is 0 Å². The minimum atomic E-state index is -0.638. The third-order valence-corrected chi connectivity index (χ3v) is 3.93. The van der Waals surface area contributed by atoms with Crippen LogP contribution < -0.4 is 21.3 Å². The molecule has 6 amide bonds. The van der Waals surface area contributed by atoms with Crippen molar-refractivity contribution in [3.63, 3.8) is 0 Å². The molecule has 1 heterocycles. The molecule has 138 valence electrons. The largest absolute Gasteiger partial charge is 0.338 e. The number of hydrogen-bond acceptors (Lipinski definition) is 3. The smallest absolute Gasteiger partial charge is 0.323 e. The average molecular weight is 342 g/mol. The fourth-order valence-corrected chi connectivity index (χ4v) is 2.39. The van der Waals surface area contributed by atoms with Crippen molar-refractivity contribution in [3.05, 3.63) is 0 Å². The third kappa shape index (κ3) is 5.47. The molecule has 2 atom stereocenters. The lowest BCUT2D eigenvalue weighted by Crippen LogP contribution is -2.59. The van der Waals surface area contributed by atoms with Crippen molar-refractivity contribution in [2.45, 2.75) is 51.9 Å². The summed E-state index contributed by atoms with van der Waals surface area (Å²) in [6, 6.07) is -0.990. The SMILES string of the molecule is CCCCNC(=O)N[C@@H]1[C@@H](NC(=O)NCCCC)N(C)C(=O)N1C. The second kappa shape index (κ2) is 9.84. The van der Waals surface area contributed by atoms with Gasteiger partial charge < -0.3 is 31.1 Å². The van der Waals surface area contributed by atoms with Crippen LogP contribution in [0.25, 0.3) is 0 Å². The summed E-state index contributed by atoms with van der Waals surface area (Å²) < 4.78 is 0. The maximum Gasteiger partial charge on any atom is 0.323 e. The van der Waals surface area contributed by atoms with Gasteiger partial charge >= 0.3 is 18.1 Å². The Morgan fingerprint density at radius 1 is 0.875 bits per heavy atom. The summed E-state index contributed by atoms with van der Waals surface area (Å²) in [5.41, 5.74) is 0. The van der Waals surface area contributed by atoms with Crippen molar-refractivity contribution in [1.82, 2.24) is 31.1 Å². The van der Waals surface area contributed by atoms with Crippen molar-refractivity contribution in [2.75, 3.05) is 27.2 Å². The highest BCUT2D eigenvalue weighted by atomic mass is 16.2. The molecule has 0 radical (unpaired) electrons. The van der Waals surface area contributed by atoms with E-state index in [1.54, 1.807) is 14.1 Å². The molecule has 1 saturated heterocycles. The Hall–Kier alpha value is -2.19. The summed E-state index contributed by atoms with van der Waals surface area (Å²) in [6.07, 6.45) is 2.45. The lowest BCUT2D eigenvalue weighted by atomic mass is 10.3. The highest BCUT2D eigenvalue weighted by Crippen LogP contribution is 2.16. The van der Waals surface area contributed by atoms with Crippen molar-refractivity contribution in [1.29, 1.82) is 0 Å². The summed E-state index contributed by atoms with van der Waals surface area (Å²) in [6.45, 7) is 5.21. The van der Waals surface area contributed by atoms with E-state index in [9.17, 15) is 14.4 Å². The van der Waals surface area contributed by atoms with E-state index in [1.807, 2.05) is 13.8 Å². The van der Waals surface area contributed by atoms with E-state index in [0.29, 0.717) is 13.1 Å². The van der Waals surface area contributed by atoms with Gasteiger partial charge in [0.25, 0.3) is 0 Å². The van der Waals surface area contributed by atoms with Gasteiger partial charge in [-0.1, -0.05) is 26.7 Å². The maximum absolute atomic E-state index is 12.1. The van der Waals surface area contributed by atoms with Crippen LogP contribution in [0, 0.1) is 0 Å². The zero-order chi connectivity index (χ0) is 18.1. The molecule has 1 aliphatic heterocycles. The number of rotatable bonds is 8. The topological polar surface area (TPSA) is 106 Å². The van der Waals surface area contributed by atoms with Crippen LogP contribution in [-0.4, -0.2) is 67.4 Å².